The van der Waals surface area contributed by atoms with Gasteiger partial charge in [-0.2, -0.15) is 0 Å². The summed E-state index contributed by atoms with van der Waals surface area (Å²) in [6, 6.07) is 1.68. The minimum absolute atomic E-state index is 0.164. The number of carbonyl (C=O) groups excluding carboxylic acids is 4. The predicted octanol–water partition coefficient (Wildman–Crippen LogP) is 2.55. The Morgan fingerprint density at radius 1 is 1.03 bits per heavy atom. The summed E-state index contributed by atoms with van der Waals surface area (Å²) in [7, 11) is 0. The first-order chi connectivity index (χ1) is 18.5. The summed E-state index contributed by atoms with van der Waals surface area (Å²) in [6.07, 6.45) is 4.03. The number of hydrogen-bond acceptors (Lipinski definition) is 7. The second kappa shape index (κ2) is 13.5. The van der Waals surface area contributed by atoms with E-state index in [1.54, 1.807) is 32.9 Å². The van der Waals surface area contributed by atoms with Crippen LogP contribution in [-0.4, -0.2) is 60.0 Å². The van der Waals surface area contributed by atoms with Crippen molar-refractivity contribution in [2.75, 3.05) is 13.2 Å². The smallest absolute Gasteiger partial charge is 0.325 e. The van der Waals surface area contributed by atoms with Crippen molar-refractivity contribution in [1.29, 1.82) is 0 Å². The van der Waals surface area contributed by atoms with Crippen molar-refractivity contribution in [2.24, 2.45) is 11.8 Å². The Labute approximate surface area is 228 Å². The lowest BCUT2D eigenvalue weighted by Gasteiger charge is -2.35. The van der Waals surface area contributed by atoms with Crippen molar-refractivity contribution in [1.82, 2.24) is 21.1 Å². The average Bonchev–Trinajstić information content (AvgIpc) is 2.90. The summed E-state index contributed by atoms with van der Waals surface area (Å²) in [4.78, 5) is 51.9. The van der Waals surface area contributed by atoms with E-state index in [0.717, 1.165) is 0 Å². The van der Waals surface area contributed by atoms with E-state index in [0.29, 0.717) is 31.6 Å². The monoisotopic (exact) mass is 546 g/mol. The van der Waals surface area contributed by atoms with Crippen LogP contribution in [0, 0.1) is 17.7 Å². The van der Waals surface area contributed by atoms with E-state index in [9.17, 15) is 23.6 Å². The molecule has 0 radical (unpaired) electrons. The fraction of sp³-hybridized carbons (Fsp3) is 0.571. The van der Waals surface area contributed by atoms with E-state index in [-0.39, 0.29) is 24.0 Å². The lowest BCUT2D eigenvalue weighted by Crippen LogP contribution is -2.61. The van der Waals surface area contributed by atoms with E-state index >= 15 is 0 Å². The molecule has 5 atom stereocenters. The third kappa shape index (κ3) is 8.01. The number of esters is 1. The molecule has 1 saturated heterocycles. The lowest BCUT2D eigenvalue weighted by atomic mass is 10.0. The SMILES string of the molecule is CC(C)[C@@H]1NC(=O)[C@H](C)C/C=C/COc2ccc(F)c(c2)[C@@H](C)OC(=O)[C@@H]2CCCN(N2)C(=O)[C@@H](C)NC1=O. The predicted molar refractivity (Wildman–Crippen MR) is 142 cm³/mol. The van der Waals surface area contributed by atoms with E-state index in [2.05, 4.69) is 16.1 Å². The summed E-state index contributed by atoms with van der Waals surface area (Å²) >= 11 is 0. The zero-order chi connectivity index (χ0) is 28.7. The zero-order valence-corrected chi connectivity index (χ0v) is 23.2. The molecule has 0 aromatic heterocycles. The molecule has 214 valence electrons. The Bertz CT molecular complexity index is 1090. The van der Waals surface area contributed by atoms with Gasteiger partial charge in [-0.3, -0.25) is 24.2 Å². The number of carbonyl (C=O) groups is 4. The van der Waals surface area contributed by atoms with Gasteiger partial charge in [-0.05, 0) is 57.2 Å². The number of nitrogens with zero attached hydrogens (tertiary/aromatic N) is 1. The first-order valence-corrected chi connectivity index (χ1v) is 13.4. The van der Waals surface area contributed by atoms with Gasteiger partial charge >= 0.3 is 5.97 Å². The Balaban J connectivity index is 1.85. The quantitative estimate of drug-likeness (QED) is 0.365. The minimum Gasteiger partial charge on any atom is -0.490 e. The van der Waals surface area contributed by atoms with Crippen LogP contribution in [0.25, 0.3) is 0 Å². The molecule has 10 nitrogen and oxygen atoms in total. The Morgan fingerprint density at radius 2 is 1.77 bits per heavy atom. The number of hydrazine groups is 1. The molecule has 2 heterocycles. The molecule has 3 amide bonds. The Morgan fingerprint density at radius 3 is 2.49 bits per heavy atom. The topological polar surface area (TPSA) is 126 Å². The molecule has 2 aliphatic heterocycles. The van der Waals surface area contributed by atoms with Crippen molar-refractivity contribution < 1.29 is 33.0 Å². The third-order valence-electron chi connectivity index (χ3n) is 6.86. The molecule has 0 aliphatic carbocycles. The largest absolute Gasteiger partial charge is 0.490 e. The number of amides is 3. The molecule has 11 heteroatoms. The summed E-state index contributed by atoms with van der Waals surface area (Å²) in [5.41, 5.74) is 3.05. The van der Waals surface area contributed by atoms with Gasteiger partial charge in [0.05, 0.1) is 0 Å². The maximum Gasteiger partial charge on any atom is 0.325 e. The van der Waals surface area contributed by atoms with Crippen LogP contribution in [0.1, 0.15) is 65.5 Å². The zero-order valence-electron chi connectivity index (χ0n) is 23.2. The summed E-state index contributed by atoms with van der Waals surface area (Å²) in [5.74, 6) is -2.57. The van der Waals surface area contributed by atoms with Gasteiger partial charge in [0, 0.05) is 18.0 Å². The number of halogens is 1. The number of fused-ring (bicyclic) bond motifs is 4. The Kier molecular flexibility index (Phi) is 10.4. The third-order valence-corrected chi connectivity index (χ3v) is 6.86. The minimum atomic E-state index is -0.910. The van der Waals surface area contributed by atoms with Crippen LogP contribution < -0.4 is 20.8 Å². The highest BCUT2D eigenvalue weighted by atomic mass is 19.1. The number of allylic oxidation sites excluding steroid dienone is 1. The molecule has 3 N–H and O–H groups in total. The molecule has 1 fully saturated rings. The van der Waals surface area contributed by atoms with Crippen molar-refractivity contribution >= 4 is 23.7 Å². The summed E-state index contributed by atoms with van der Waals surface area (Å²) < 4.78 is 25.8. The van der Waals surface area contributed by atoms with Gasteiger partial charge < -0.3 is 20.1 Å². The van der Waals surface area contributed by atoms with E-state index in [4.69, 9.17) is 9.47 Å². The molecular weight excluding hydrogens is 507 g/mol. The molecule has 0 unspecified atom stereocenters. The van der Waals surface area contributed by atoms with Gasteiger partial charge in [0.2, 0.25) is 11.8 Å². The maximum absolute atomic E-state index is 14.6. The van der Waals surface area contributed by atoms with Gasteiger partial charge in [0.15, 0.2) is 0 Å². The molecule has 0 saturated carbocycles. The van der Waals surface area contributed by atoms with E-state index < -0.39 is 53.7 Å². The van der Waals surface area contributed by atoms with Crippen molar-refractivity contribution in [3.63, 3.8) is 0 Å². The van der Waals surface area contributed by atoms with Crippen molar-refractivity contribution in [3.8, 4) is 5.75 Å². The molecule has 0 spiro atoms. The number of hydrogen-bond donors (Lipinski definition) is 3. The molecule has 1 aromatic rings. The standard InChI is InChI=1S/C28H39FN4O6/c1-16(2)24-26(35)30-18(4)27(36)33-13-8-10-23(32-33)28(37)39-19(5)21-15-20(11-12-22(21)29)38-14-7-6-9-17(3)25(34)31-24/h6-7,11-12,15-19,23-24,32H,8-10,13-14H2,1-5H3,(H,30,35)(H,31,34)/b7-6+/t17-,18-,19-,23+,24+/m1/s1. The van der Waals surface area contributed by atoms with E-state index in [1.807, 2.05) is 13.8 Å². The highest BCUT2D eigenvalue weighted by Crippen LogP contribution is 2.26. The molecular formula is C28H39FN4O6. The van der Waals surface area contributed by atoms with Crippen LogP contribution in [-0.2, 0) is 23.9 Å². The molecule has 2 aliphatic rings. The summed E-state index contributed by atoms with van der Waals surface area (Å²) in [5, 5.41) is 6.79. The van der Waals surface area contributed by atoms with Gasteiger partial charge in [-0.15, -0.1) is 0 Å². The van der Waals surface area contributed by atoms with Crippen molar-refractivity contribution in [2.45, 2.75) is 78.1 Å². The van der Waals surface area contributed by atoms with Crippen LogP contribution in [0.15, 0.2) is 30.4 Å². The Hall–Kier alpha value is -3.47. The van der Waals surface area contributed by atoms with Crippen LogP contribution in [0.4, 0.5) is 4.39 Å². The highest BCUT2D eigenvalue weighted by Gasteiger charge is 2.34. The number of cyclic esters (lactones) is 1. The normalized spacial score (nSPS) is 28.8. The molecule has 3 rings (SSSR count). The fourth-order valence-corrected chi connectivity index (χ4v) is 4.41. The average molecular weight is 547 g/mol. The van der Waals surface area contributed by atoms with Gasteiger partial charge in [-0.1, -0.05) is 32.9 Å². The number of nitrogens with one attached hydrogen (secondary N) is 3. The maximum atomic E-state index is 14.6. The number of benzene rings is 1. The molecule has 4 bridgehead atoms. The second-order valence-electron chi connectivity index (χ2n) is 10.5. The van der Waals surface area contributed by atoms with Gasteiger partial charge in [0.1, 0.15) is 42.4 Å². The highest BCUT2D eigenvalue weighted by molar-refractivity contribution is 5.92. The first-order valence-electron chi connectivity index (χ1n) is 13.4. The van der Waals surface area contributed by atoms with Crippen LogP contribution >= 0.6 is 0 Å². The van der Waals surface area contributed by atoms with Gasteiger partial charge in [0.25, 0.3) is 5.91 Å². The lowest BCUT2D eigenvalue weighted by molar-refractivity contribution is -0.157. The second-order valence-corrected chi connectivity index (χ2v) is 10.5. The van der Waals surface area contributed by atoms with Crippen molar-refractivity contribution in [3.05, 3.63) is 41.7 Å². The van der Waals surface area contributed by atoms with E-state index in [1.165, 1.54) is 23.2 Å². The number of ether oxygens (including phenoxy) is 2. The van der Waals surface area contributed by atoms with Crippen LogP contribution in [0.2, 0.25) is 0 Å². The number of rotatable bonds is 1. The van der Waals surface area contributed by atoms with Gasteiger partial charge in [-0.25, -0.2) is 9.82 Å². The molecule has 1 aromatic carbocycles. The first kappa shape index (κ1) is 30.1. The molecule has 39 heavy (non-hydrogen) atoms. The van der Waals surface area contributed by atoms with Crippen LogP contribution in [0.5, 0.6) is 5.75 Å². The summed E-state index contributed by atoms with van der Waals surface area (Å²) in [6.45, 7) is 9.03. The fourth-order valence-electron chi connectivity index (χ4n) is 4.41. The van der Waals surface area contributed by atoms with Crippen LogP contribution in [0.3, 0.4) is 0 Å².